The molecule has 0 N–H and O–H groups in total. The molecule has 6 nitrogen and oxygen atoms in total. The summed E-state index contributed by atoms with van der Waals surface area (Å²) in [5.74, 6) is 0. The first kappa shape index (κ1) is 85.9. The van der Waals surface area contributed by atoms with Gasteiger partial charge in [-0.3, -0.25) is 0 Å². The van der Waals surface area contributed by atoms with Crippen LogP contribution >= 0.6 is 15.9 Å². The number of rotatable bonds is 14. The van der Waals surface area contributed by atoms with Gasteiger partial charge in [-0.05, 0) is 252 Å². The van der Waals surface area contributed by atoms with Gasteiger partial charge in [0.2, 0.25) is 0 Å². The van der Waals surface area contributed by atoms with Crippen molar-refractivity contribution in [3.05, 3.63) is 462 Å². The van der Waals surface area contributed by atoms with Crippen LogP contribution in [0.3, 0.4) is 0 Å². The molecule has 22 aromatic rings. The van der Waals surface area contributed by atoms with E-state index in [2.05, 4.69) is 552 Å². The molecule has 650 valence electrons. The predicted octanol–water partition coefficient (Wildman–Crippen LogP) is 33.8. The summed E-state index contributed by atoms with van der Waals surface area (Å²) in [6.07, 6.45) is 8.69. The van der Waals surface area contributed by atoms with Gasteiger partial charge < -0.3 is 27.6 Å². The summed E-state index contributed by atoms with van der Waals surface area (Å²) in [6.45, 7) is 21.8. The molecule has 1 saturated heterocycles. The van der Waals surface area contributed by atoms with Crippen LogP contribution < -0.4 is 5.46 Å². The second-order valence-electron chi connectivity index (χ2n) is 38.4. The summed E-state index contributed by atoms with van der Waals surface area (Å²) >= 11 is 3.75. The maximum Gasteiger partial charge on any atom is 0.494 e. The maximum absolute atomic E-state index is 6.12. The van der Waals surface area contributed by atoms with Crippen molar-refractivity contribution in [2.24, 2.45) is 0 Å². The van der Waals surface area contributed by atoms with E-state index >= 15 is 0 Å². The molecule has 1 aliphatic rings. The lowest BCUT2D eigenvalue weighted by Gasteiger charge is -2.32. The predicted molar refractivity (Wildman–Crippen MR) is 575 cm³/mol. The first-order valence-corrected chi connectivity index (χ1v) is 47.3. The second-order valence-corrected chi connectivity index (χ2v) is 39.4. The third-order valence-corrected chi connectivity index (χ3v) is 27.6. The Morgan fingerprint density at radius 3 is 0.881 bits per heavy atom. The van der Waals surface area contributed by atoms with Gasteiger partial charge in [-0.25, -0.2) is 0 Å². The van der Waals surface area contributed by atoms with Crippen LogP contribution in [0.1, 0.15) is 103 Å². The van der Waals surface area contributed by atoms with Gasteiger partial charge >= 0.3 is 7.12 Å². The van der Waals surface area contributed by atoms with E-state index in [1.54, 1.807) is 0 Å². The van der Waals surface area contributed by atoms with Crippen LogP contribution in [0.25, 0.3) is 190 Å². The molecule has 0 saturated carbocycles. The van der Waals surface area contributed by atoms with E-state index in [0.29, 0.717) is 0 Å². The maximum atomic E-state index is 6.12. The zero-order chi connectivity index (χ0) is 91.6. The SMILES string of the molecule is Brc1ccc2c(c1)n(-c1ccccc1)c1c3ccc(-c4cccc(-c5cccc6ccccc56)c4)cc3n(-c3ccccc3)c21.CC(C)(C)c1ccc(/C=C/c2ccc(-c3ccc4c(c3)n(-c3ccccc3)c3c5ccc(-c6cccc(-c7cccc8ccccc78)c6)cc5n(-c5ccccc5)c43)cc2)cc1.CC(C)(C)c1ccc(/C=C/c2ccc(B3OC(C)(C)C(C)(C)O3)cc2)cc1. The summed E-state index contributed by atoms with van der Waals surface area (Å²) < 4.78 is 23.1. The molecule has 134 heavy (non-hydrogen) atoms. The van der Waals surface area contributed by atoms with E-state index in [1.165, 1.54) is 171 Å². The normalized spacial score (nSPS) is 13.3. The fourth-order valence-electron chi connectivity index (χ4n) is 19.2. The van der Waals surface area contributed by atoms with Gasteiger partial charge in [0.05, 0.1) is 55.3 Å². The highest BCUT2D eigenvalue weighted by atomic mass is 79.9. The molecule has 23 rings (SSSR count). The van der Waals surface area contributed by atoms with Gasteiger partial charge in [-0.2, -0.15) is 0 Å². The number of hydrogen-bond acceptors (Lipinski definition) is 2. The molecule has 0 aliphatic carbocycles. The zero-order valence-corrected chi connectivity index (χ0v) is 78.9. The summed E-state index contributed by atoms with van der Waals surface area (Å²) in [7, 11) is -0.307. The van der Waals surface area contributed by atoms with E-state index in [0.717, 1.165) is 38.2 Å². The lowest BCUT2D eigenvalue weighted by Crippen LogP contribution is -2.41. The molecular weight excluding hydrogens is 1690 g/mol. The Hall–Kier alpha value is -14.9. The summed E-state index contributed by atoms with van der Waals surface area (Å²) in [5, 5.41) is 9.91. The van der Waals surface area contributed by atoms with Gasteiger partial charge in [0.25, 0.3) is 0 Å². The average Bonchev–Trinajstić information content (AvgIpc) is 1.54. The Balaban J connectivity index is 0.000000131. The van der Waals surface area contributed by atoms with Crippen molar-refractivity contribution in [3.63, 3.8) is 0 Å². The van der Waals surface area contributed by atoms with E-state index in [4.69, 9.17) is 9.31 Å². The van der Waals surface area contributed by atoms with E-state index in [1.807, 2.05) is 0 Å². The van der Waals surface area contributed by atoms with E-state index in [9.17, 15) is 0 Å². The molecule has 0 amide bonds. The number of para-hydroxylation sites is 4. The molecule has 1 aliphatic heterocycles. The molecule has 0 bridgehead atoms. The van der Waals surface area contributed by atoms with Crippen LogP contribution in [0.4, 0.5) is 0 Å². The number of aromatic nitrogens is 4. The Labute approximate surface area is 793 Å². The monoisotopic (exact) mass is 1790 g/mol. The first-order chi connectivity index (χ1) is 65.1. The van der Waals surface area contributed by atoms with Crippen molar-refractivity contribution in [2.75, 3.05) is 0 Å². The van der Waals surface area contributed by atoms with Crippen molar-refractivity contribution in [2.45, 2.75) is 91.3 Å². The molecule has 1 fully saturated rings. The summed E-state index contributed by atoms with van der Waals surface area (Å²) in [6, 6.07) is 154. The van der Waals surface area contributed by atoms with Gasteiger partial charge in [-0.1, -0.05) is 409 Å². The van der Waals surface area contributed by atoms with Crippen molar-refractivity contribution >= 4 is 140 Å². The zero-order valence-electron chi connectivity index (χ0n) is 77.3. The number of nitrogens with zero attached hydrogens (tertiary/aromatic N) is 4. The van der Waals surface area contributed by atoms with Gasteiger partial charge in [-0.15, -0.1) is 0 Å². The van der Waals surface area contributed by atoms with Gasteiger partial charge in [0, 0.05) is 48.8 Å². The molecule has 5 heterocycles. The molecular formula is C126H104BBrN4O2. The van der Waals surface area contributed by atoms with E-state index < -0.39 is 0 Å². The largest absolute Gasteiger partial charge is 0.494 e. The fourth-order valence-corrected chi connectivity index (χ4v) is 19.6. The molecule has 8 heteroatoms. The quantitative estimate of drug-likeness (QED) is 0.0804. The third kappa shape index (κ3) is 16.6. The second kappa shape index (κ2) is 35.3. The van der Waals surface area contributed by atoms with Gasteiger partial charge in [0.1, 0.15) is 0 Å². The van der Waals surface area contributed by atoms with Crippen LogP contribution in [0, 0.1) is 0 Å². The smallest absolute Gasteiger partial charge is 0.399 e. The van der Waals surface area contributed by atoms with Crippen LogP contribution in [0.15, 0.2) is 429 Å². The highest BCUT2D eigenvalue weighted by Crippen LogP contribution is 2.47. The standard InChI is InChI=1S/C60H46N2.C42H27BrN2.C24H31BO2/c1-60(2,3)49-34-28-42(29-35-49)25-24-41-26-30-43(31-27-41)46-32-36-54-56(39-46)61(50-18-6-4-7-19-50)59-55-37-33-47(40-57(55)62(58(54)59)51-20-8-5-9-21-51)45-16-12-17-48(38-45)53-23-13-15-44-14-10-11-22-52(44)53;43-32-22-24-38-40(27-32)45(34-17-5-2-6-18-34)41-37-23-21-30(26-39(37)44(42(38)41)33-15-3-1-4-16-33)29-13-9-14-31(25-29)36-20-10-12-28-11-7-8-19-35(28)36;1-22(2,3)20-14-10-18(11-15-20)8-9-19-12-16-21(17-13-19)25-26-23(4,5)24(6,7)27-25/h4-40H,1-3H3;1-27H;8-17H,1-7H3/b25-24+;;9-8+. The third-order valence-electron chi connectivity index (χ3n) is 27.1. The Kier molecular flexibility index (Phi) is 22.6. The van der Waals surface area contributed by atoms with Crippen LogP contribution in [0.5, 0.6) is 0 Å². The topological polar surface area (TPSA) is 38.2 Å². The summed E-state index contributed by atoms with van der Waals surface area (Å²) in [5.41, 5.74) is 34.4. The minimum atomic E-state index is -0.310. The van der Waals surface area contributed by atoms with Crippen LogP contribution in [-0.2, 0) is 20.1 Å². The molecule has 4 aromatic heterocycles. The molecule has 0 unspecified atom stereocenters. The lowest BCUT2D eigenvalue weighted by atomic mass is 9.79. The number of halogens is 1. The minimum Gasteiger partial charge on any atom is -0.399 e. The number of fused-ring (bicyclic) bond motifs is 12. The molecule has 18 aromatic carbocycles. The van der Waals surface area contributed by atoms with Crippen LogP contribution in [-0.4, -0.2) is 36.6 Å². The number of hydrogen-bond donors (Lipinski definition) is 0. The molecule has 0 radical (unpaired) electrons. The highest BCUT2D eigenvalue weighted by molar-refractivity contribution is 9.10. The van der Waals surface area contributed by atoms with Crippen LogP contribution in [0.2, 0.25) is 0 Å². The Morgan fingerprint density at radius 1 is 0.246 bits per heavy atom. The Bertz CT molecular complexity index is 8180. The van der Waals surface area contributed by atoms with Gasteiger partial charge in [0.15, 0.2) is 0 Å². The van der Waals surface area contributed by atoms with E-state index in [-0.39, 0.29) is 29.2 Å². The fraction of sp³-hybridized carbons (Fsp3) is 0.111. The lowest BCUT2D eigenvalue weighted by molar-refractivity contribution is 0.00578. The summed E-state index contributed by atoms with van der Waals surface area (Å²) in [4.78, 5) is 0. The van der Waals surface area contributed by atoms with Crippen molar-refractivity contribution < 1.29 is 9.31 Å². The molecule has 0 spiro atoms. The highest BCUT2D eigenvalue weighted by Gasteiger charge is 2.51. The Morgan fingerprint density at radius 2 is 0.522 bits per heavy atom. The average molecular weight is 1800 g/mol. The molecule has 0 atom stereocenters. The number of benzene rings is 18. The van der Waals surface area contributed by atoms with Crippen molar-refractivity contribution in [1.29, 1.82) is 0 Å². The first-order valence-electron chi connectivity index (χ1n) is 46.5. The minimum absolute atomic E-state index is 0.146. The van der Waals surface area contributed by atoms with Crippen molar-refractivity contribution in [1.82, 2.24) is 18.3 Å². The van der Waals surface area contributed by atoms with Crippen molar-refractivity contribution in [3.8, 4) is 78.4 Å².